The van der Waals surface area contributed by atoms with Gasteiger partial charge in [-0.3, -0.25) is 4.98 Å². The van der Waals surface area contributed by atoms with Crippen LogP contribution in [-0.4, -0.2) is 22.6 Å². The Bertz CT molecular complexity index is 460. The lowest BCUT2D eigenvalue weighted by atomic mass is 9.85. The van der Waals surface area contributed by atoms with E-state index in [1.165, 1.54) is 37.8 Å². The van der Waals surface area contributed by atoms with Crippen LogP contribution in [0.15, 0.2) is 18.3 Å². The number of nitrogens with zero attached hydrogens (tertiary/aromatic N) is 2. The molecule has 3 nitrogen and oxygen atoms in total. The fourth-order valence-corrected chi connectivity index (χ4v) is 3.57. The summed E-state index contributed by atoms with van der Waals surface area (Å²) in [7, 11) is 0. The number of anilines is 1. The summed E-state index contributed by atoms with van der Waals surface area (Å²) in [5.41, 5.74) is 7.64. The third-order valence-corrected chi connectivity index (χ3v) is 4.55. The Morgan fingerprint density at radius 2 is 2.17 bits per heavy atom. The number of rotatable bonds is 2. The molecule has 0 aromatic carbocycles. The molecular weight excluding hydrogens is 242 g/mol. The highest BCUT2D eigenvalue weighted by Crippen LogP contribution is 2.38. The molecule has 4 heteroatoms. The van der Waals surface area contributed by atoms with Gasteiger partial charge in [0.1, 0.15) is 4.99 Å². The molecule has 0 bridgehead atoms. The minimum absolute atomic E-state index is 0.385. The molecule has 0 amide bonds. The van der Waals surface area contributed by atoms with E-state index in [0.29, 0.717) is 4.99 Å². The molecule has 1 aromatic heterocycles. The maximum absolute atomic E-state index is 5.66. The van der Waals surface area contributed by atoms with Gasteiger partial charge in [0.25, 0.3) is 0 Å². The quantitative estimate of drug-likeness (QED) is 0.831. The van der Waals surface area contributed by atoms with Crippen LogP contribution in [0.3, 0.4) is 0 Å². The Labute approximate surface area is 113 Å². The van der Waals surface area contributed by atoms with Crippen molar-refractivity contribution in [1.29, 1.82) is 0 Å². The monoisotopic (exact) mass is 261 g/mol. The van der Waals surface area contributed by atoms with Crippen LogP contribution >= 0.6 is 12.2 Å². The maximum atomic E-state index is 5.66. The molecule has 1 aliphatic carbocycles. The van der Waals surface area contributed by atoms with Gasteiger partial charge >= 0.3 is 0 Å². The molecule has 1 aromatic rings. The summed E-state index contributed by atoms with van der Waals surface area (Å²) in [5, 5.41) is 0. The zero-order valence-electron chi connectivity index (χ0n) is 10.5. The molecule has 2 atom stereocenters. The van der Waals surface area contributed by atoms with Crippen molar-refractivity contribution in [2.75, 3.05) is 11.4 Å². The summed E-state index contributed by atoms with van der Waals surface area (Å²) >= 11 is 5.01. The van der Waals surface area contributed by atoms with Crippen LogP contribution in [-0.2, 0) is 0 Å². The first kappa shape index (κ1) is 11.9. The van der Waals surface area contributed by atoms with Crippen LogP contribution in [0.1, 0.15) is 37.8 Å². The molecule has 18 heavy (non-hydrogen) atoms. The molecule has 2 fully saturated rings. The van der Waals surface area contributed by atoms with E-state index >= 15 is 0 Å². The fourth-order valence-electron chi connectivity index (χ4n) is 3.46. The van der Waals surface area contributed by atoms with Crippen LogP contribution in [0.4, 0.5) is 5.69 Å². The number of hydrogen-bond donors (Lipinski definition) is 1. The van der Waals surface area contributed by atoms with Gasteiger partial charge in [0, 0.05) is 24.5 Å². The van der Waals surface area contributed by atoms with Crippen molar-refractivity contribution in [3.8, 4) is 0 Å². The topological polar surface area (TPSA) is 42.1 Å². The van der Waals surface area contributed by atoms with Crippen LogP contribution < -0.4 is 10.6 Å². The summed E-state index contributed by atoms with van der Waals surface area (Å²) in [6, 6.07) is 4.85. The van der Waals surface area contributed by atoms with E-state index in [4.69, 9.17) is 18.0 Å². The fraction of sp³-hybridized carbons (Fsp3) is 0.571. The van der Waals surface area contributed by atoms with Crippen LogP contribution in [0.2, 0.25) is 0 Å². The van der Waals surface area contributed by atoms with E-state index < -0.39 is 0 Å². The summed E-state index contributed by atoms with van der Waals surface area (Å²) in [6.07, 6.45) is 8.65. The Hall–Kier alpha value is -1.16. The molecule has 2 unspecified atom stereocenters. The Kier molecular flexibility index (Phi) is 3.20. The first-order chi connectivity index (χ1) is 8.75. The third-order valence-electron chi connectivity index (χ3n) is 4.34. The Morgan fingerprint density at radius 3 is 3.00 bits per heavy atom. The minimum atomic E-state index is 0.385. The molecule has 1 saturated carbocycles. The molecule has 2 heterocycles. The van der Waals surface area contributed by atoms with E-state index in [1.807, 2.05) is 12.3 Å². The predicted molar refractivity (Wildman–Crippen MR) is 77.8 cm³/mol. The average molecular weight is 261 g/mol. The normalized spacial score (nSPS) is 27.0. The average Bonchev–Trinajstić information content (AvgIpc) is 2.82. The van der Waals surface area contributed by atoms with Gasteiger partial charge in [-0.25, -0.2) is 0 Å². The number of thiocarbonyl (C=S) groups is 1. The zero-order valence-corrected chi connectivity index (χ0v) is 11.3. The summed E-state index contributed by atoms with van der Waals surface area (Å²) in [5.74, 6) is 0.889. The van der Waals surface area contributed by atoms with E-state index in [-0.39, 0.29) is 0 Å². The van der Waals surface area contributed by atoms with Crippen molar-refractivity contribution in [2.45, 2.75) is 38.1 Å². The van der Waals surface area contributed by atoms with Gasteiger partial charge in [-0.05, 0) is 37.3 Å². The first-order valence-electron chi connectivity index (χ1n) is 6.78. The number of hydrogen-bond acceptors (Lipinski definition) is 3. The van der Waals surface area contributed by atoms with E-state index in [2.05, 4.69) is 16.0 Å². The lowest BCUT2D eigenvalue weighted by molar-refractivity contribution is 0.342. The van der Waals surface area contributed by atoms with Crippen molar-refractivity contribution in [3.63, 3.8) is 0 Å². The molecule has 2 aliphatic rings. The molecule has 1 aliphatic heterocycles. The largest absolute Gasteiger partial charge is 0.388 e. The Balaban J connectivity index is 1.86. The molecule has 0 spiro atoms. The van der Waals surface area contributed by atoms with Crippen molar-refractivity contribution in [2.24, 2.45) is 11.7 Å². The van der Waals surface area contributed by atoms with Crippen molar-refractivity contribution < 1.29 is 0 Å². The molecule has 0 radical (unpaired) electrons. The summed E-state index contributed by atoms with van der Waals surface area (Å²) in [6.45, 7) is 1.16. The van der Waals surface area contributed by atoms with Crippen molar-refractivity contribution in [3.05, 3.63) is 24.0 Å². The second kappa shape index (κ2) is 4.84. The van der Waals surface area contributed by atoms with Gasteiger partial charge in [-0.2, -0.15) is 0 Å². The number of fused-ring (bicyclic) bond motifs is 1. The smallest absolute Gasteiger partial charge is 0.122 e. The highest BCUT2D eigenvalue weighted by Gasteiger charge is 2.35. The van der Waals surface area contributed by atoms with Crippen LogP contribution in [0.25, 0.3) is 0 Å². The summed E-state index contributed by atoms with van der Waals surface area (Å²) in [4.78, 5) is 7.14. The van der Waals surface area contributed by atoms with Crippen LogP contribution in [0, 0.1) is 5.92 Å². The molecule has 3 rings (SSSR count). The predicted octanol–water partition coefficient (Wildman–Crippen LogP) is 2.48. The lowest BCUT2D eigenvalue weighted by Crippen LogP contribution is -2.34. The van der Waals surface area contributed by atoms with Crippen LogP contribution in [0.5, 0.6) is 0 Å². The van der Waals surface area contributed by atoms with E-state index in [9.17, 15) is 0 Å². The molecular formula is C14H19N3S. The lowest BCUT2D eigenvalue weighted by Gasteiger charge is -2.33. The zero-order chi connectivity index (χ0) is 12.5. The van der Waals surface area contributed by atoms with E-state index in [0.717, 1.165) is 24.2 Å². The second-order valence-electron chi connectivity index (χ2n) is 5.36. The first-order valence-corrected chi connectivity index (χ1v) is 7.19. The highest BCUT2D eigenvalue weighted by molar-refractivity contribution is 7.80. The number of nitrogens with two attached hydrogens (primary N) is 1. The highest BCUT2D eigenvalue weighted by atomic mass is 32.1. The SMILES string of the molecule is NC(=S)c1cc(N2CCC3CCCCC32)ccn1. The Morgan fingerprint density at radius 1 is 1.33 bits per heavy atom. The molecule has 96 valence electrons. The molecule has 2 N–H and O–H groups in total. The maximum Gasteiger partial charge on any atom is 0.122 e. The minimum Gasteiger partial charge on any atom is -0.388 e. The summed E-state index contributed by atoms with van der Waals surface area (Å²) < 4.78 is 0. The van der Waals surface area contributed by atoms with Crippen molar-refractivity contribution >= 4 is 22.9 Å². The molecule has 1 saturated heterocycles. The van der Waals surface area contributed by atoms with Gasteiger partial charge in [0.05, 0.1) is 5.69 Å². The van der Waals surface area contributed by atoms with E-state index in [1.54, 1.807) is 0 Å². The number of aromatic nitrogens is 1. The van der Waals surface area contributed by atoms with Crippen molar-refractivity contribution in [1.82, 2.24) is 4.98 Å². The second-order valence-corrected chi connectivity index (χ2v) is 5.80. The van der Waals surface area contributed by atoms with Gasteiger partial charge in [0.2, 0.25) is 0 Å². The van der Waals surface area contributed by atoms with Gasteiger partial charge < -0.3 is 10.6 Å². The third kappa shape index (κ3) is 2.09. The standard InChI is InChI=1S/C14H19N3S/c15-14(18)12-9-11(5-7-16-12)17-8-6-10-3-1-2-4-13(10)17/h5,7,9-10,13H,1-4,6,8H2,(H2,15,18). The number of pyridine rings is 1. The van der Waals surface area contributed by atoms with Gasteiger partial charge in [0.15, 0.2) is 0 Å². The van der Waals surface area contributed by atoms with Gasteiger partial charge in [-0.15, -0.1) is 0 Å². The van der Waals surface area contributed by atoms with Gasteiger partial charge in [-0.1, -0.05) is 25.1 Å².